The summed E-state index contributed by atoms with van der Waals surface area (Å²) < 4.78 is 5.35. The number of carbonyl (C=O) groups excluding carboxylic acids is 2. The van der Waals surface area contributed by atoms with Crippen LogP contribution in [0.2, 0.25) is 0 Å². The number of nitrogens with one attached hydrogen (secondary N) is 1. The third-order valence-electron chi connectivity index (χ3n) is 3.09. The first-order chi connectivity index (χ1) is 10.4. The van der Waals surface area contributed by atoms with Gasteiger partial charge in [0.2, 0.25) is 11.8 Å². The van der Waals surface area contributed by atoms with Crippen LogP contribution in [0.1, 0.15) is 34.1 Å². The van der Waals surface area contributed by atoms with Gasteiger partial charge < -0.3 is 15.0 Å². The molecule has 0 unspecified atom stereocenters. The Morgan fingerprint density at radius 2 is 1.86 bits per heavy atom. The van der Waals surface area contributed by atoms with Crippen molar-refractivity contribution in [3.63, 3.8) is 0 Å². The van der Waals surface area contributed by atoms with Crippen molar-refractivity contribution in [3.05, 3.63) is 24.3 Å². The number of carbonyl (C=O) groups is 2. The molecule has 0 heterocycles. The molecule has 1 aromatic carbocycles. The molecule has 0 aliphatic heterocycles. The van der Waals surface area contributed by atoms with Crippen LogP contribution in [0.3, 0.4) is 0 Å². The van der Waals surface area contributed by atoms with Gasteiger partial charge in [-0.05, 0) is 37.1 Å². The van der Waals surface area contributed by atoms with Crippen molar-refractivity contribution >= 4 is 17.5 Å². The van der Waals surface area contributed by atoms with Crippen LogP contribution < -0.4 is 10.1 Å². The standard InChI is InChI=1S/C17H26N2O3/c1-5-22-16-8-6-15(7-9-16)18-17(21)10-11-19(14(4)20)12-13(2)3/h6-9,13H,5,10-12H2,1-4H3,(H,18,21). The van der Waals surface area contributed by atoms with Gasteiger partial charge in [-0.1, -0.05) is 13.8 Å². The fourth-order valence-electron chi connectivity index (χ4n) is 2.08. The lowest BCUT2D eigenvalue weighted by Gasteiger charge is -2.22. The highest BCUT2D eigenvalue weighted by Gasteiger charge is 2.12. The van der Waals surface area contributed by atoms with Gasteiger partial charge in [0.1, 0.15) is 5.75 Å². The molecule has 22 heavy (non-hydrogen) atoms. The van der Waals surface area contributed by atoms with E-state index in [9.17, 15) is 9.59 Å². The predicted molar refractivity (Wildman–Crippen MR) is 87.9 cm³/mol. The molecule has 2 amide bonds. The second-order valence-electron chi connectivity index (χ2n) is 5.61. The van der Waals surface area contributed by atoms with Crippen molar-refractivity contribution in [2.24, 2.45) is 5.92 Å². The Hall–Kier alpha value is -2.04. The first kappa shape index (κ1) is 18.0. The van der Waals surface area contributed by atoms with Crippen LogP contribution in [0.25, 0.3) is 0 Å². The number of benzene rings is 1. The summed E-state index contributed by atoms with van der Waals surface area (Å²) in [4.78, 5) is 25.2. The van der Waals surface area contributed by atoms with Crippen molar-refractivity contribution < 1.29 is 14.3 Å². The maximum atomic E-state index is 12.0. The normalized spacial score (nSPS) is 10.4. The molecule has 0 radical (unpaired) electrons. The van der Waals surface area contributed by atoms with Crippen molar-refractivity contribution in [1.29, 1.82) is 0 Å². The van der Waals surface area contributed by atoms with Crippen molar-refractivity contribution in [2.45, 2.75) is 34.1 Å². The van der Waals surface area contributed by atoms with E-state index >= 15 is 0 Å². The van der Waals surface area contributed by atoms with Gasteiger partial charge in [0.05, 0.1) is 6.61 Å². The highest BCUT2D eigenvalue weighted by molar-refractivity contribution is 5.91. The molecule has 122 valence electrons. The summed E-state index contributed by atoms with van der Waals surface area (Å²) in [5.74, 6) is 1.07. The third kappa shape index (κ3) is 6.61. The molecule has 1 N–H and O–H groups in total. The fourth-order valence-corrected chi connectivity index (χ4v) is 2.08. The molecule has 0 aliphatic rings. The molecule has 5 nitrogen and oxygen atoms in total. The molecule has 1 rings (SSSR count). The first-order valence-electron chi connectivity index (χ1n) is 7.70. The lowest BCUT2D eigenvalue weighted by Crippen LogP contribution is -2.34. The molecule has 0 saturated heterocycles. The average Bonchev–Trinajstić information content (AvgIpc) is 2.45. The predicted octanol–water partition coefficient (Wildman–Crippen LogP) is 2.92. The van der Waals surface area contributed by atoms with Crippen molar-refractivity contribution in [2.75, 3.05) is 25.0 Å². The summed E-state index contributed by atoms with van der Waals surface area (Å²) in [6.07, 6.45) is 0.291. The number of nitrogens with zero attached hydrogens (tertiary/aromatic N) is 1. The first-order valence-corrected chi connectivity index (χ1v) is 7.70. The van der Waals surface area contributed by atoms with Gasteiger partial charge in [-0.3, -0.25) is 9.59 Å². The highest BCUT2D eigenvalue weighted by Crippen LogP contribution is 2.15. The second kappa shape index (κ2) is 9.07. The van der Waals surface area contributed by atoms with Crippen LogP contribution >= 0.6 is 0 Å². The van der Waals surface area contributed by atoms with Crippen LogP contribution in [-0.2, 0) is 9.59 Å². The molecule has 0 spiro atoms. The topological polar surface area (TPSA) is 58.6 Å². The number of amides is 2. The zero-order valence-corrected chi connectivity index (χ0v) is 13.9. The number of hydrogen-bond donors (Lipinski definition) is 1. The van der Waals surface area contributed by atoms with E-state index in [1.165, 1.54) is 6.92 Å². The van der Waals surface area contributed by atoms with Crippen molar-refractivity contribution in [3.8, 4) is 5.75 Å². The number of rotatable bonds is 8. The van der Waals surface area contributed by atoms with Crippen molar-refractivity contribution in [1.82, 2.24) is 4.90 Å². The summed E-state index contributed by atoms with van der Waals surface area (Å²) >= 11 is 0. The van der Waals surface area contributed by atoms with Gasteiger partial charge in [-0.2, -0.15) is 0 Å². The monoisotopic (exact) mass is 306 g/mol. The Morgan fingerprint density at radius 3 is 2.36 bits per heavy atom. The van der Waals surface area contributed by atoms with Gasteiger partial charge in [-0.15, -0.1) is 0 Å². The summed E-state index contributed by atoms with van der Waals surface area (Å²) in [5.41, 5.74) is 0.728. The number of ether oxygens (including phenoxy) is 1. The summed E-state index contributed by atoms with van der Waals surface area (Å²) in [6.45, 7) is 9.29. The third-order valence-corrected chi connectivity index (χ3v) is 3.09. The van der Waals surface area contributed by atoms with E-state index in [1.54, 1.807) is 17.0 Å². The van der Waals surface area contributed by atoms with Crippen LogP contribution in [0.4, 0.5) is 5.69 Å². The average molecular weight is 306 g/mol. The molecular formula is C17H26N2O3. The largest absolute Gasteiger partial charge is 0.494 e. The van der Waals surface area contributed by atoms with Gasteiger partial charge in [0, 0.05) is 32.1 Å². The van der Waals surface area contributed by atoms with E-state index < -0.39 is 0 Å². The van der Waals surface area contributed by atoms with Crippen LogP contribution in [0.5, 0.6) is 5.75 Å². The minimum Gasteiger partial charge on any atom is -0.494 e. The minimum atomic E-state index is -0.0980. The Balaban J connectivity index is 2.46. The maximum Gasteiger partial charge on any atom is 0.226 e. The molecule has 0 bridgehead atoms. The molecule has 5 heteroatoms. The maximum absolute atomic E-state index is 12.0. The Labute approximate surface area is 132 Å². The molecular weight excluding hydrogens is 280 g/mol. The van der Waals surface area contributed by atoms with E-state index in [0.29, 0.717) is 32.0 Å². The molecule has 0 aliphatic carbocycles. The highest BCUT2D eigenvalue weighted by atomic mass is 16.5. The van der Waals surface area contributed by atoms with Crippen LogP contribution in [-0.4, -0.2) is 36.4 Å². The molecule has 0 atom stereocenters. The smallest absolute Gasteiger partial charge is 0.226 e. The Bertz CT molecular complexity index is 483. The molecule has 0 aromatic heterocycles. The molecule has 0 saturated carbocycles. The number of anilines is 1. The quantitative estimate of drug-likeness (QED) is 0.803. The van der Waals surface area contributed by atoms with E-state index in [4.69, 9.17) is 4.74 Å². The van der Waals surface area contributed by atoms with Gasteiger partial charge in [0.25, 0.3) is 0 Å². The van der Waals surface area contributed by atoms with Gasteiger partial charge in [0.15, 0.2) is 0 Å². The Kier molecular flexibility index (Phi) is 7.43. The molecule has 1 aromatic rings. The van der Waals surface area contributed by atoms with Crippen LogP contribution in [0.15, 0.2) is 24.3 Å². The van der Waals surface area contributed by atoms with E-state index in [2.05, 4.69) is 19.2 Å². The minimum absolute atomic E-state index is 0.00238. The van der Waals surface area contributed by atoms with E-state index in [-0.39, 0.29) is 11.8 Å². The van der Waals surface area contributed by atoms with Gasteiger partial charge >= 0.3 is 0 Å². The SMILES string of the molecule is CCOc1ccc(NC(=O)CCN(CC(C)C)C(C)=O)cc1. The Morgan fingerprint density at radius 1 is 1.23 bits per heavy atom. The van der Waals surface area contributed by atoms with E-state index in [0.717, 1.165) is 11.4 Å². The lowest BCUT2D eigenvalue weighted by molar-refractivity contribution is -0.129. The number of hydrogen-bond acceptors (Lipinski definition) is 3. The van der Waals surface area contributed by atoms with Gasteiger partial charge in [-0.25, -0.2) is 0 Å². The molecule has 0 fully saturated rings. The lowest BCUT2D eigenvalue weighted by atomic mass is 10.2. The van der Waals surface area contributed by atoms with Crippen LogP contribution in [0, 0.1) is 5.92 Å². The fraction of sp³-hybridized carbons (Fsp3) is 0.529. The zero-order chi connectivity index (χ0) is 16.5. The summed E-state index contributed by atoms with van der Waals surface area (Å²) in [6, 6.07) is 7.25. The van der Waals surface area contributed by atoms with E-state index in [1.807, 2.05) is 19.1 Å². The summed E-state index contributed by atoms with van der Waals surface area (Å²) in [5, 5.41) is 2.83. The summed E-state index contributed by atoms with van der Waals surface area (Å²) in [7, 11) is 0. The zero-order valence-electron chi connectivity index (χ0n) is 13.9. The second-order valence-corrected chi connectivity index (χ2v) is 5.61.